The van der Waals surface area contributed by atoms with Gasteiger partial charge in [-0.05, 0) is 47.4 Å². The molecule has 1 unspecified atom stereocenters. The summed E-state index contributed by atoms with van der Waals surface area (Å²) in [7, 11) is 1.45. The Morgan fingerprint density at radius 2 is 2.39 bits per heavy atom. The van der Waals surface area contributed by atoms with Gasteiger partial charge < -0.3 is 4.74 Å². The Bertz CT molecular complexity index is 408. The summed E-state index contributed by atoms with van der Waals surface area (Å²) in [5.41, 5.74) is 0.981. The van der Waals surface area contributed by atoms with Gasteiger partial charge in [-0.2, -0.15) is 0 Å². The van der Waals surface area contributed by atoms with Crippen molar-refractivity contribution in [2.24, 2.45) is 0 Å². The summed E-state index contributed by atoms with van der Waals surface area (Å²) in [6.07, 6.45) is 4.88. The van der Waals surface area contributed by atoms with E-state index in [0.29, 0.717) is 6.54 Å². The van der Waals surface area contributed by atoms with E-state index in [1.807, 2.05) is 12.1 Å². The third kappa shape index (κ3) is 3.29. The van der Waals surface area contributed by atoms with Crippen molar-refractivity contribution in [2.75, 3.05) is 13.7 Å². The molecule has 1 aromatic rings. The highest BCUT2D eigenvalue weighted by atomic mass is 79.9. The molecule has 0 N–H and O–H groups in total. The Balaban J connectivity index is 2.05. The van der Waals surface area contributed by atoms with Crippen molar-refractivity contribution < 1.29 is 9.53 Å². The van der Waals surface area contributed by atoms with E-state index in [9.17, 15) is 4.79 Å². The van der Waals surface area contributed by atoms with Gasteiger partial charge in [0.1, 0.15) is 6.04 Å². The van der Waals surface area contributed by atoms with Gasteiger partial charge in [0.25, 0.3) is 0 Å². The molecule has 4 nitrogen and oxygen atoms in total. The molecular formula is C13H17BrN2O2. The van der Waals surface area contributed by atoms with Crippen LogP contribution in [-0.2, 0) is 16.1 Å². The number of carbonyl (C=O) groups is 1. The Morgan fingerprint density at radius 3 is 3.06 bits per heavy atom. The fourth-order valence-electron chi connectivity index (χ4n) is 2.29. The maximum absolute atomic E-state index is 11.7. The SMILES string of the molecule is COC(=O)C1CCCCN1Cc1ccc(Br)cn1. The zero-order chi connectivity index (χ0) is 13.0. The number of pyridine rings is 1. The summed E-state index contributed by atoms with van der Waals surface area (Å²) >= 11 is 3.37. The average molecular weight is 313 g/mol. The third-order valence-corrected chi connectivity index (χ3v) is 3.71. The van der Waals surface area contributed by atoms with Gasteiger partial charge >= 0.3 is 5.97 Å². The molecule has 1 aliphatic heterocycles. The van der Waals surface area contributed by atoms with E-state index in [-0.39, 0.29) is 12.0 Å². The number of ether oxygens (including phenoxy) is 1. The van der Waals surface area contributed by atoms with Gasteiger partial charge in [-0.1, -0.05) is 6.42 Å². The summed E-state index contributed by atoms with van der Waals surface area (Å²) in [5.74, 6) is -0.133. The molecule has 0 radical (unpaired) electrons. The first kappa shape index (κ1) is 13.5. The molecule has 98 valence electrons. The lowest BCUT2D eigenvalue weighted by molar-refractivity contribution is -0.148. The zero-order valence-corrected chi connectivity index (χ0v) is 12.0. The highest BCUT2D eigenvalue weighted by Crippen LogP contribution is 2.20. The quantitative estimate of drug-likeness (QED) is 0.804. The molecule has 2 rings (SSSR count). The van der Waals surface area contributed by atoms with Crippen LogP contribution in [0.5, 0.6) is 0 Å². The van der Waals surface area contributed by atoms with Crippen molar-refractivity contribution in [2.45, 2.75) is 31.8 Å². The number of halogens is 1. The van der Waals surface area contributed by atoms with Gasteiger partial charge in [0.2, 0.25) is 0 Å². The largest absolute Gasteiger partial charge is 0.468 e. The maximum Gasteiger partial charge on any atom is 0.323 e. The molecule has 1 aliphatic rings. The normalized spacial score (nSPS) is 20.7. The Morgan fingerprint density at radius 1 is 1.56 bits per heavy atom. The molecule has 0 saturated carbocycles. The van der Waals surface area contributed by atoms with E-state index in [0.717, 1.165) is 36.0 Å². The highest BCUT2D eigenvalue weighted by molar-refractivity contribution is 9.10. The van der Waals surface area contributed by atoms with E-state index in [1.165, 1.54) is 7.11 Å². The van der Waals surface area contributed by atoms with Gasteiger partial charge in [-0.15, -0.1) is 0 Å². The number of hydrogen-bond acceptors (Lipinski definition) is 4. The van der Waals surface area contributed by atoms with Crippen LogP contribution in [0, 0.1) is 0 Å². The number of rotatable bonds is 3. The number of methoxy groups -OCH3 is 1. The van der Waals surface area contributed by atoms with Crippen LogP contribution in [0.2, 0.25) is 0 Å². The molecule has 2 heterocycles. The molecular weight excluding hydrogens is 296 g/mol. The Hall–Kier alpha value is -0.940. The number of carbonyl (C=O) groups excluding carboxylic acids is 1. The lowest BCUT2D eigenvalue weighted by Crippen LogP contribution is -2.44. The van der Waals surface area contributed by atoms with E-state index < -0.39 is 0 Å². The monoisotopic (exact) mass is 312 g/mol. The number of likely N-dealkylation sites (tertiary alicyclic amines) is 1. The van der Waals surface area contributed by atoms with Crippen LogP contribution in [0.3, 0.4) is 0 Å². The van der Waals surface area contributed by atoms with Crippen LogP contribution in [0.4, 0.5) is 0 Å². The lowest BCUT2D eigenvalue weighted by atomic mass is 10.0. The van der Waals surface area contributed by atoms with E-state index in [4.69, 9.17) is 4.74 Å². The Kier molecular flexibility index (Phi) is 4.72. The number of piperidine rings is 1. The topological polar surface area (TPSA) is 42.4 Å². The predicted octanol–water partition coefficient (Wildman–Crippen LogP) is 2.37. The number of nitrogens with zero attached hydrogens (tertiary/aromatic N) is 2. The summed E-state index contributed by atoms with van der Waals surface area (Å²) in [6.45, 7) is 1.63. The third-order valence-electron chi connectivity index (χ3n) is 3.24. The number of aromatic nitrogens is 1. The smallest absolute Gasteiger partial charge is 0.323 e. The molecule has 0 aliphatic carbocycles. The summed E-state index contributed by atoms with van der Waals surface area (Å²) in [5, 5.41) is 0. The molecule has 18 heavy (non-hydrogen) atoms. The van der Waals surface area contributed by atoms with Crippen molar-refractivity contribution in [1.29, 1.82) is 0 Å². The molecule has 1 aromatic heterocycles. The number of hydrogen-bond donors (Lipinski definition) is 0. The second-order valence-electron chi connectivity index (χ2n) is 4.47. The van der Waals surface area contributed by atoms with Gasteiger partial charge in [0.05, 0.1) is 12.8 Å². The second kappa shape index (κ2) is 6.29. The van der Waals surface area contributed by atoms with Crippen LogP contribution < -0.4 is 0 Å². The maximum atomic E-state index is 11.7. The van der Waals surface area contributed by atoms with Crippen molar-refractivity contribution in [1.82, 2.24) is 9.88 Å². The van der Waals surface area contributed by atoms with Crippen molar-refractivity contribution >= 4 is 21.9 Å². The fraction of sp³-hybridized carbons (Fsp3) is 0.538. The first-order chi connectivity index (χ1) is 8.70. The van der Waals surface area contributed by atoms with Crippen LogP contribution in [0.1, 0.15) is 25.0 Å². The molecule has 0 spiro atoms. The van der Waals surface area contributed by atoms with Crippen molar-refractivity contribution in [3.8, 4) is 0 Å². The van der Waals surface area contributed by atoms with Crippen LogP contribution in [-0.4, -0.2) is 35.5 Å². The second-order valence-corrected chi connectivity index (χ2v) is 5.39. The minimum absolute atomic E-state index is 0.116. The lowest BCUT2D eigenvalue weighted by Gasteiger charge is -2.33. The summed E-state index contributed by atoms with van der Waals surface area (Å²) in [6, 6.07) is 3.83. The fourth-order valence-corrected chi connectivity index (χ4v) is 2.53. The molecule has 1 saturated heterocycles. The van der Waals surface area contributed by atoms with E-state index in [1.54, 1.807) is 6.20 Å². The minimum atomic E-state index is -0.133. The Labute approximate surface area is 115 Å². The van der Waals surface area contributed by atoms with Gasteiger partial charge in [0.15, 0.2) is 0 Å². The summed E-state index contributed by atoms with van der Waals surface area (Å²) < 4.78 is 5.84. The minimum Gasteiger partial charge on any atom is -0.468 e. The average Bonchev–Trinajstić information content (AvgIpc) is 2.41. The molecule has 1 atom stereocenters. The molecule has 0 amide bonds. The molecule has 1 fully saturated rings. The van der Waals surface area contributed by atoms with Crippen LogP contribution in [0.25, 0.3) is 0 Å². The predicted molar refractivity (Wildman–Crippen MR) is 72.0 cm³/mol. The van der Waals surface area contributed by atoms with E-state index in [2.05, 4.69) is 25.8 Å². The van der Waals surface area contributed by atoms with Crippen LogP contribution >= 0.6 is 15.9 Å². The van der Waals surface area contributed by atoms with Gasteiger partial charge in [-0.3, -0.25) is 14.7 Å². The van der Waals surface area contributed by atoms with Crippen molar-refractivity contribution in [3.63, 3.8) is 0 Å². The van der Waals surface area contributed by atoms with Crippen molar-refractivity contribution in [3.05, 3.63) is 28.5 Å². The molecule has 0 aromatic carbocycles. The zero-order valence-electron chi connectivity index (χ0n) is 10.4. The first-order valence-corrected chi connectivity index (χ1v) is 6.92. The molecule has 0 bridgehead atoms. The van der Waals surface area contributed by atoms with E-state index >= 15 is 0 Å². The van der Waals surface area contributed by atoms with Gasteiger partial charge in [-0.25, -0.2) is 0 Å². The van der Waals surface area contributed by atoms with Gasteiger partial charge in [0, 0.05) is 17.2 Å². The van der Waals surface area contributed by atoms with Crippen LogP contribution in [0.15, 0.2) is 22.8 Å². The first-order valence-electron chi connectivity index (χ1n) is 6.13. The standard InChI is InChI=1S/C13H17BrN2O2/c1-18-13(17)12-4-2-3-7-16(12)9-11-6-5-10(14)8-15-11/h5-6,8,12H,2-4,7,9H2,1H3. The highest BCUT2D eigenvalue weighted by Gasteiger charge is 2.29. The summed E-state index contributed by atoms with van der Waals surface area (Å²) in [4.78, 5) is 18.2. The molecule has 5 heteroatoms. The number of esters is 1.